The fourth-order valence-electron chi connectivity index (χ4n) is 1.22. The first-order chi connectivity index (χ1) is 9.91. The molecule has 0 aliphatic rings. The van der Waals surface area contributed by atoms with Crippen LogP contribution in [0, 0.1) is 0 Å². The molecule has 0 rings (SSSR count). The smallest absolute Gasteiger partial charge is 0.0704 e. The van der Waals surface area contributed by atoms with Crippen LogP contribution in [0.5, 0.6) is 0 Å². The minimum absolute atomic E-state index is 0.565. The van der Waals surface area contributed by atoms with Gasteiger partial charge in [-0.2, -0.15) is 0 Å². The second-order valence-corrected chi connectivity index (χ2v) is 3.92. The molecule has 0 atom stereocenters. The summed E-state index contributed by atoms with van der Waals surface area (Å²) in [5.41, 5.74) is 0. The fraction of sp³-hybridized carbons (Fsp3) is 0.857. The number of likely N-dealkylation sites (N-methyl/N-ethyl adjacent to an activating group) is 1. The predicted octanol–water partition coefficient (Wildman–Crippen LogP) is 0.475. The minimum Gasteiger partial charge on any atom is -0.378 e. The van der Waals surface area contributed by atoms with Crippen LogP contribution in [0.15, 0.2) is 12.7 Å². The second kappa shape index (κ2) is 18.5. The maximum absolute atomic E-state index is 5.35. The Kier molecular flexibility index (Phi) is 18.0. The highest BCUT2D eigenvalue weighted by molar-refractivity contribution is 4.63. The lowest BCUT2D eigenvalue weighted by molar-refractivity contribution is -0.00905. The van der Waals surface area contributed by atoms with E-state index < -0.39 is 0 Å². The maximum Gasteiger partial charge on any atom is 0.0704 e. The second-order valence-electron chi connectivity index (χ2n) is 3.92. The summed E-state index contributed by atoms with van der Waals surface area (Å²) in [6, 6.07) is 0. The zero-order valence-corrected chi connectivity index (χ0v) is 12.6. The van der Waals surface area contributed by atoms with Crippen molar-refractivity contribution in [2.45, 2.75) is 0 Å². The van der Waals surface area contributed by atoms with Crippen LogP contribution in [0.4, 0.5) is 0 Å². The van der Waals surface area contributed by atoms with Crippen molar-refractivity contribution in [3.05, 3.63) is 12.7 Å². The first kappa shape index (κ1) is 19.5. The Labute approximate surface area is 122 Å². The van der Waals surface area contributed by atoms with Gasteiger partial charge in [0.15, 0.2) is 0 Å². The number of ether oxygens (including phenoxy) is 5. The molecule has 0 saturated heterocycles. The van der Waals surface area contributed by atoms with Crippen molar-refractivity contribution in [3.8, 4) is 0 Å². The molecule has 20 heavy (non-hydrogen) atoms. The Hall–Kier alpha value is -0.500. The van der Waals surface area contributed by atoms with Crippen molar-refractivity contribution in [3.63, 3.8) is 0 Å². The van der Waals surface area contributed by atoms with Gasteiger partial charge in [0, 0.05) is 6.54 Å². The van der Waals surface area contributed by atoms with Gasteiger partial charge in [-0.1, -0.05) is 6.08 Å². The molecule has 0 aromatic heterocycles. The zero-order valence-electron chi connectivity index (χ0n) is 12.6. The average Bonchev–Trinajstić information content (AvgIpc) is 2.47. The highest BCUT2D eigenvalue weighted by atomic mass is 16.6. The molecule has 0 aromatic rings. The molecular formula is C14H29NO5. The average molecular weight is 291 g/mol. The van der Waals surface area contributed by atoms with Crippen molar-refractivity contribution in [1.29, 1.82) is 0 Å². The minimum atomic E-state index is 0.565. The Morgan fingerprint density at radius 3 is 1.50 bits per heavy atom. The predicted molar refractivity (Wildman–Crippen MR) is 78.2 cm³/mol. The lowest BCUT2D eigenvalue weighted by Crippen LogP contribution is -2.17. The van der Waals surface area contributed by atoms with E-state index in [9.17, 15) is 0 Å². The molecule has 0 aromatic carbocycles. The number of hydrogen-bond acceptors (Lipinski definition) is 6. The fourth-order valence-corrected chi connectivity index (χ4v) is 1.22. The molecular weight excluding hydrogens is 262 g/mol. The summed E-state index contributed by atoms with van der Waals surface area (Å²) in [5, 5.41) is 3.01. The molecule has 0 unspecified atom stereocenters. The van der Waals surface area contributed by atoms with Gasteiger partial charge < -0.3 is 29.0 Å². The van der Waals surface area contributed by atoms with E-state index in [0.717, 1.165) is 6.54 Å². The van der Waals surface area contributed by atoms with Crippen molar-refractivity contribution >= 4 is 0 Å². The normalized spacial score (nSPS) is 10.8. The van der Waals surface area contributed by atoms with Gasteiger partial charge in [-0.25, -0.2) is 0 Å². The van der Waals surface area contributed by atoms with Gasteiger partial charge in [0.05, 0.1) is 66.1 Å². The van der Waals surface area contributed by atoms with E-state index in [2.05, 4.69) is 11.9 Å². The molecule has 120 valence electrons. The van der Waals surface area contributed by atoms with Crippen molar-refractivity contribution in [2.24, 2.45) is 0 Å². The first-order valence-electron chi connectivity index (χ1n) is 7.06. The standard InChI is InChI=1S/C14H29NO5/c1-3-5-16-7-9-18-11-13-20-14-12-19-10-8-17-6-4-15-2/h3,15H,1,4-14H2,2H3. The summed E-state index contributed by atoms with van der Waals surface area (Å²) >= 11 is 0. The largest absolute Gasteiger partial charge is 0.378 e. The van der Waals surface area contributed by atoms with Gasteiger partial charge in [-0.05, 0) is 7.05 Å². The summed E-state index contributed by atoms with van der Waals surface area (Å²) in [5.74, 6) is 0. The molecule has 0 amide bonds. The van der Waals surface area contributed by atoms with Crippen LogP contribution in [0.2, 0.25) is 0 Å². The lowest BCUT2D eigenvalue weighted by Gasteiger charge is -2.07. The quantitative estimate of drug-likeness (QED) is 0.311. The molecule has 6 nitrogen and oxygen atoms in total. The van der Waals surface area contributed by atoms with Crippen LogP contribution >= 0.6 is 0 Å². The van der Waals surface area contributed by atoms with Crippen molar-refractivity contribution in [1.82, 2.24) is 5.32 Å². The SMILES string of the molecule is C=CCOCCOCCOCCOCCOCCNC. The Morgan fingerprint density at radius 1 is 0.700 bits per heavy atom. The Bertz CT molecular complexity index is 192. The number of rotatable bonds is 17. The molecule has 0 radical (unpaired) electrons. The van der Waals surface area contributed by atoms with E-state index in [1.165, 1.54) is 0 Å². The van der Waals surface area contributed by atoms with E-state index >= 15 is 0 Å². The van der Waals surface area contributed by atoms with Crippen LogP contribution < -0.4 is 5.32 Å². The third-order valence-corrected chi connectivity index (χ3v) is 2.22. The van der Waals surface area contributed by atoms with Crippen molar-refractivity contribution < 1.29 is 23.7 Å². The molecule has 1 N–H and O–H groups in total. The first-order valence-corrected chi connectivity index (χ1v) is 7.06. The molecule has 0 heterocycles. The van der Waals surface area contributed by atoms with E-state index in [4.69, 9.17) is 23.7 Å². The highest BCUT2D eigenvalue weighted by Gasteiger charge is 1.92. The monoisotopic (exact) mass is 291 g/mol. The van der Waals surface area contributed by atoms with Gasteiger partial charge in [-0.15, -0.1) is 6.58 Å². The zero-order chi connectivity index (χ0) is 14.7. The molecule has 0 bridgehead atoms. The third-order valence-electron chi connectivity index (χ3n) is 2.22. The summed E-state index contributed by atoms with van der Waals surface area (Å²) in [6.07, 6.45) is 1.72. The summed E-state index contributed by atoms with van der Waals surface area (Å²) in [6.45, 7) is 10.4. The molecule has 0 aliphatic heterocycles. The van der Waals surface area contributed by atoms with E-state index in [1.807, 2.05) is 7.05 Å². The van der Waals surface area contributed by atoms with Crippen LogP contribution in [0.1, 0.15) is 0 Å². The summed E-state index contributed by atoms with van der Waals surface area (Å²) < 4.78 is 26.5. The summed E-state index contributed by atoms with van der Waals surface area (Å²) in [4.78, 5) is 0. The van der Waals surface area contributed by atoms with Gasteiger partial charge >= 0.3 is 0 Å². The third kappa shape index (κ3) is 17.5. The van der Waals surface area contributed by atoms with Crippen LogP contribution in [-0.4, -0.2) is 79.7 Å². The molecule has 0 spiro atoms. The topological polar surface area (TPSA) is 58.2 Å². The van der Waals surface area contributed by atoms with Gasteiger partial charge in [0.2, 0.25) is 0 Å². The summed E-state index contributed by atoms with van der Waals surface area (Å²) in [7, 11) is 1.90. The van der Waals surface area contributed by atoms with Crippen LogP contribution in [0.3, 0.4) is 0 Å². The maximum atomic E-state index is 5.35. The van der Waals surface area contributed by atoms with Crippen LogP contribution in [-0.2, 0) is 23.7 Å². The lowest BCUT2D eigenvalue weighted by atomic mass is 10.6. The molecule has 0 aliphatic carbocycles. The van der Waals surface area contributed by atoms with Gasteiger partial charge in [0.1, 0.15) is 0 Å². The van der Waals surface area contributed by atoms with Crippen LogP contribution in [0.25, 0.3) is 0 Å². The molecule has 0 fully saturated rings. The van der Waals surface area contributed by atoms with E-state index in [1.54, 1.807) is 6.08 Å². The van der Waals surface area contributed by atoms with Gasteiger partial charge in [0.25, 0.3) is 0 Å². The van der Waals surface area contributed by atoms with E-state index in [0.29, 0.717) is 66.1 Å². The van der Waals surface area contributed by atoms with Crippen molar-refractivity contribution in [2.75, 3.05) is 79.7 Å². The molecule has 0 saturated carbocycles. The molecule has 6 heteroatoms. The number of hydrogen-bond donors (Lipinski definition) is 1. The number of nitrogens with one attached hydrogen (secondary N) is 1. The van der Waals surface area contributed by atoms with Gasteiger partial charge in [-0.3, -0.25) is 0 Å². The highest BCUT2D eigenvalue weighted by Crippen LogP contribution is 1.83. The Morgan fingerprint density at radius 2 is 1.10 bits per heavy atom. The van der Waals surface area contributed by atoms with E-state index in [-0.39, 0.29) is 0 Å². The Balaban J connectivity index is 2.90.